The third kappa shape index (κ3) is 3.21. The van der Waals surface area contributed by atoms with E-state index in [0.29, 0.717) is 0 Å². The highest BCUT2D eigenvalue weighted by Crippen LogP contribution is 2.38. The van der Waals surface area contributed by atoms with Gasteiger partial charge in [0.15, 0.2) is 0 Å². The Morgan fingerprint density at radius 1 is 1.31 bits per heavy atom. The zero-order chi connectivity index (χ0) is 11.7. The Hall–Kier alpha value is -0.0800. The zero-order valence-corrected chi connectivity index (χ0v) is 11.4. The SMILES string of the molecule is CC(C)CC1CN(CC2CC2C)C(C)CN1. The van der Waals surface area contributed by atoms with Gasteiger partial charge < -0.3 is 5.32 Å². The summed E-state index contributed by atoms with van der Waals surface area (Å²) in [4.78, 5) is 2.72. The Kier molecular flexibility index (Phi) is 3.91. The van der Waals surface area contributed by atoms with Crippen LogP contribution in [0.25, 0.3) is 0 Å². The Morgan fingerprint density at radius 3 is 2.56 bits per heavy atom. The molecule has 2 rings (SSSR count). The van der Waals surface area contributed by atoms with E-state index in [9.17, 15) is 0 Å². The van der Waals surface area contributed by atoms with Gasteiger partial charge in [0.05, 0.1) is 0 Å². The van der Waals surface area contributed by atoms with Crippen LogP contribution < -0.4 is 5.32 Å². The molecule has 1 aliphatic carbocycles. The minimum absolute atomic E-state index is 0.727. The molecule has 1 aliphatic heterocycles. The largest absolute Gasteiger partial charge is 0.311 e. The van der Waals surface area contributed by atoms with Crippen LogP contribution in [0.5, 0.6) is 0 Å². The molecule has 0 bridgehead atoms. The maximum Gasteiger partial charge on any atom is 0.0198 e. The number of nitrogens with one attached hydrogen (secondary N) is 1. The Labute approximate surface area is 101 Å². The molecule has 2 fully saturated rings. The standard InChI is InChI=1S/C14H28N2/c1-10(2)5-14-9-16(12(4)7-15-14)8-13-6-11(13)3/h10-15H,5-9H2,1-4H3. The molecule has 4 atom stereocenters. The molecule has 0 aromatic rings. The minimum Gasteiger partial charge on any atom is -0.311 e. The van der Waals surface area contributed by atoms with E-state index in [0.717, 1.165) is 29.8 Å². The predicted octanol–water partition coefficient (Wildman–Crippen LogP) is 2.35. The molecule has 0 aromatic carbocycles. The van der Waals surface area contributed by atoms with Gasteiger partial charge in [0.25, 0.3) is 0 Å². The van der Waals surface area contributed by atoms with Crippen molar-refractivity contribution in [1.29, 1.82) is 0 Å². The molecule has 1 saturated carbocycles. The molecular formula is C14H28N2. The van der Waals surface area contributed by atoms with E-state index in [1.165, 1.54) is 32.5 Å². The molecule has 2 heteroatoms. The molecule has 2 nitrogen and oxygen atoms in total. The number of piperazine rings is 1. The predicted molar refractivity (Wildman–Crippen MR) is 69.6 cm³/mol. The van der Waals surface area contributed by atoms with Gasteiger partial charge in [-0.2, -0.15) is 0 Å². The summed E-state index contributed by atoms with van der Waals surface area (Å²) in [5, 5.41) is 3.69. The summed E-state index contributed by atoms with van der Waals surface area (Å²) in [6.45, 7) is 13.2. The van der Waals surface area contributed by atoms with Crippen molar-refractivity contribution in [3.8, 4) is 0 Å². The lowest BCUT2D eigenvalue weighted by Gasteiger charge is -2.39. The Morgan fingerprint density at radius 2 is 2.00 bits per heavy atom. The lowest BCUT2D eigenvalue weighted by Crippen LogP contribution is -2.56. The lowest BCUT2D eigenvalue weighted by molar-refractivity contribution is 0.125. The second-order valence-corrected chi connectivity index (χ2v) is 6.51. The van der Waals surface area contributed by atoms with Crippen molar-refractivity contribution in [3.05, 3.63) is 0 Å². The molecule has 0 amide bonds. The van der Waals surface area contributed by atoms with E-state index >= 15 is 0 Å². The first kappa shape index (κ1) is 12.4. The highest BCUT2D eigenvalue weighted by Gasteiger charge is 2.36. The monoisotopic (exact) mass is 224 g/mol. The molecule has 94 valence electrons. The van der Waals surface area contributed by atoms with E-state index in [-0.39, 0.29) is 0 Å². The Balaban J connectivity index is 1.80. The van der Waals surface area contributed by atoms with Crippen LogP contribution in [0.1, 0.15) is 40.5 Å². The van der Waals surface area contributed by atoms with E-state index in [4.69, 9.17) is 0 Å². The van der Waals surface area contributed by atoms with Crippen molar-refractivity contribution < 1.29 is 0 Å². The smallest absolute Gasteiger partial charge is 0.0198 e. The molecule has 1 heterocycles. The van der Waals surface area contributed by atoms with Crippen LogP contribution in [-0.2, 0) is 0 Å². The second-order valence-electron chi connectivity index (χ2n) is 6.51. The van der Waals surface area contributed by atoms with Crippen LogP contribution in [0.2, 0.25) is 0 Å². The summed E-state index contributed by atoms with van der Waals surface area (Å²) < 4.78 is 0. The van der Waals surface area contributed by atoms with Crippen LogP contribution in [0.15, 0.2) is 0 Å². The van der Waals surface area contributed by atoms with Crippen molar-refractivity contribution in [1.82, 2.24) is 10.2 Å². The average Bonchev–Trinajstić information content (AvgIpc) is 2.87. The molecule has 16 heavy (non-hydrogen) atoms. The van der Waals surface area contributed by atoms with E-state index in [2.05, 4.69) is 37.9 Å². The summed E-state index contributed by atoms with van der Waals surface area (Å²) in [6.07, 6.45) is 2.79. The van der Waals surface area contributed by atoms with Gasteiger partial charge in [0.1, 0.15) is 0 Å². The first-order valence-electron chi connectivity index (χ1n) is 7.03. The molecule has 0 radical (unpaired) electrons. The normalized spacial score (nSPS) is 40.3. The molecule has 1 N–H and O–H groups in total. The van der Waals surface area contributed by atoms with Crippen molar-refractivity contribution in [2.24, 2.45) is 17.8 Å². The lowest BCUT2D eigenvalue weighted by atomic mass is 10.00. The van der Waals surface area contributed by atoms with Gasteiger partial charge in [-0.15, -0.1) is 0 Å². The fourth-order valence-electron chi connectivity index (χ4n) is 2.93. The average molecular weight is 224 g/mol. The van der Waals surface area contributed by atoms with E-state index < -0.39 is 0 Å². The number of rotatable bonds is 4. The van der Waals surface area contributed by atoms with Crippen LogP contribution >= 0.6 is 0 Å². The minimum atomic E-state index is 0.727. The van der Waals surface area contributed by atoms with Gasteiger partial charge in [-0.1, -0.05) is 20.8 Å². The van der Waals surface area contributed by atoms with E-state index in [1.807, 2.05) is 0 Å². The zero-order valence-electron chi connectivity index (χ0n) is 11.4. The van der Waals surface area contributed by atoms with Gasteiger partial charge in [0.2, 0.25) is 0 Å². The van der Waals surface area contributed by atoms with Crippen molar-refractivity contribution in [2.75, 3.05) is 19.6 Å². The van der Waals surface area contributed by atoms with Crippen LogP contribution in [-0.4, -0.2) is 36.6 Å². The van der Waals surface area contributed by atoms with Gasteiger partial charge in [0, 0.05) is 31.7 Å². The first-order valence-corrected chi connectivity index (χ1v) is 7.03. The molecule has 1 saturated heterocycles. The number of hydrogen-bond donors (Lipinski definition) is 1. The fraction of sp³-hybridized carbons (Fsp3) is 1.00. The topological polar surface area (TPSA) is 15.3 Å². The van der Waals surface area contributed by atoms with Gasteiger partial charge in [-0.05, 0) is 37.5 Å². The van der Waals surface area contributed by atoms with Crippen molar-refractivity contribution in [2.45, 2.75) is 52.6 Å². The quantitative estimate of drug-likeness (QED) is 0.788. The highest BCUT2D eigenvalue weighted by atomic mass is 15.2. The summed E-state index contributed by atoms with van der Waals surface area (Å²) in [6, 6.07) is 1.46. The van der Waals surface area contributed by atoms with Crippen molar-refractivity contribution >= 4 is 0 Å². The summed E-state index contributed by atoms with van der Waals surface area (Å²) in [5.41, 5.74) is 0. The molecular weight excluding hydrogens is 196 g/mol. The van der Waals surface area contributed by atoms with Gasteiger partial charge in [-0.25, -0.2) is 0 Å². The molecule has 0 aromatic heterocycles. The third-order valence-electron chi connectivity index (χ3n) is 4.28. The highest BCUT2D eigenvalue weighted by molar-refractivity contribution is 4.90. The number of nitrogens with zero attached hydrogens (tertiary/aromatic N) is 1. The van der Waals surface area contributed by atoms with E-state index in [1.54, 1.807) is 0 Å². The maximum absolute atomic E-state index is 3.69. The number of hydrogen-bond acceptors (Lipinski definition) is 2. The van der Waals surface area contributed by atoms with Crippen molar-refractivity contribution in [3.63, 3.8) is 0 Å². The second kappa shape index (κ2) is 5.05. The molecule has 0 spiro atoms. The Bertz CT molecular complexity index is 227. The van der Waals surface area contributed by atoms with Crippen LogP contribution in [0.3, 0.4) is 0 Å². The van der Waals surface area contributed by atoms with Gasteiger partial charge in [-0.3, -0.25) is 4.90 Å². The third-order valence-corrected chi connectivity index (χ3v) is 4.28. The fourth-order valence-corrected chi connectivity index (χ4v) is 2.93. The van der Waals surface area contributed by atoms with Crippen LogP contribution in [0, 0.1) is 17.8 Å². The first-order chi connectivity index (χ1) is 7.56. The summed E-state index contributed by atoms with van der Waals surface area (Å²) >= 11 is 0. The molecule has 2 aliphatic rings. The molecule has 4 unspecified atom stereocenters. The summed E-state index contributed by atoms with van der Waals surface area (Å²) in [5.74, 6) is 2.80. The summed E-state index contributed by atoms with van der Waals surface area (Å²) in [7, 11) is 0. The van der Waals surface area contributed by atoms with Crippen LogP contribution in [0.4, 0.5) is 0 Å². The maximum atomic E-state index is 3.69. The van der Waals surface area contributed by atoms with Gasteiger partial charge >= 0.3 is 0 Å².